The molecule has 1 aromatic carbocycles. The van der Waals surface area contributed by atoms with Crippen LogP contribution in [0, 0.1) is 0 Å². The molecule has 2 atom stereocenters. The Labute approximate surface area is 140 Å². The lowest BCUT2D eigenvalue weighted by Crippen LogP contribution is -2.32. The summed E-state index contributed by atoms with van der Waals surface area (Å²) in [5.74, 6) is 1.02. The molecule has 0 amide bonds. The van der Waals surface area contributed by atoms with E-state index in [0.29, 0.717) is 25.5 Å². The highest BCUT2D eigenvalue weighted by Crippen LogP contribution is 2.15. The zero-order valence-corrected chi connectivity index (χ0v) is 14.8. The van der Waals surface area contributed by atoms with Gasteiger partial charge in [-0.2, -0.15) is 0 Å². The number of rotatable bonds is 8. The van der Waals surface area contributed by atoms with Gasteiger partial charge in [-0.05, 0) is 49.9 Å². The summed E-state index contributed by atoms with van der Waals surface area (Å²) in [4.78, 5) is 11.7. The third-order valence-corrected chi connectivity index (χ3v) is 3.90. The molecule has 23 heavy (non-hydrogen) atoms. The molecule has 0 aromatic heterocycles. The Kier molecular flexibility index (Phi) is 9.57. The second-order valence-electron chi connectivity index (χ2n) is 5.78. The molecule has 1 aliphatic rings. The summed E-state index contributed by atoms with van der Waals surface area (Å²) in [5.41, 5.74) is 7.01. The second kappa shape index (κ2) is 11.2. The van der Waals surface area contributed by atoms with E-state index in [-0.39, 0.29) is 11.8 Å². The third kappa shape index (κ3) is 7.14. The Bertz CT molecular complexity index is 439. The number of nitrogens with one attached hydrogen (secondary N) is 1. The third-order valence-electron chi connectivity index (χ3n) is 3.90. The van der Waals surface area contributed by atoms with Crippen LogP contribution >= 0.6 is 0 Å². The summed E-state index contributed by atoms with van der Waals surface area (Å²) in [6, 6.07) is 8.00. The molecule has 0 aliphatic carbocycles. The predicted octanol–water partition coefficient (Wildman–Crippen LogP) is 3.08. The fourth-order valence-electron chi connectivity index (χ4n) is 2.62. The Morgan fingerprint density at radius 1 is 1.35 bits per heavy atom. The zero-order valence-electron chi connectivity index (χ0n) is 14.8. The minimum Gasteiger partial charge on any atom is -0.492 e. The van der Waals surface area contributed by atoms with Gasteiger partial charge < -0.3 is 15.8 Å². The van der Waals surface area contributed by atoms with E-state index in [0.717, 1.165) is 24.3 Å². The molecule has 1 aliphatic heterocycles. The highest BCUT2D eigenvalue weighted by molar-refractivity contribution is 5.83. The lowest BCUT2D eigenvalue weighted by atomic mass is 10.0. The minimum absolute atomic E-state index is 0.144. The first-order valence-electron chi connectivity index (χ1n) is 8.92. The second-order valence-corrected chi connectivity index (χ2v) is 5.78. The molecular formula is C19H32N2O2. The van der Waals surface area contributed by atoms with Crippen LogP contribution in [0.2, 0.25) is 0 Å². The van der Waals surface area contributed by atoms with Crippen LogP contribution in [0.3, 0.4) is 0 Å². The molecule has 0 radical (unpaired) electrons. The van der Waals surface area contributed by atoms with E-state index in [1.54, 1.807) is 0 Å². The summed E-state index contributed by atoms with van der Waals surface area (Å²) in [7, 11) is 0. The van der Waals surface area contributed by atoms with E-state index in [2.05, 4.69) is 5.32 Å². The van der Waals surface area contributed by atoms with Crippen molar-refractivity contribution in [3.05, 3.63) is 29.8 Å². The smallest absolute Gasteiger partial charge is 0.149 e. The average molecular weight is 320 g/mol. The van der Waals surface area contributed by atoms with E-state index in [1.807, 2.05) is 45.0 Å². The van der Waals surface area contributed by atoms with Crippen molar-refractivity contribution in [1.82, 2.24) is 5.32 Å². The summed E-state index contributed by atoms with van der Waals surface area (Å²) in [6.07, 6.45) is 4.44. The maximum Gasteiger partial charge on any atom is 0.149 e. The molecule has 1 saturated heterocycles. The topological polar surface area (TPSA) is 64.4 Å². The maximum absolute atomic E-state index is 11.7. The highest BCUT2D eigenvalue weighted by Gasteiger charge is 2.15. The van der Waals surface area contributed by atoms with E-state index in [1.165, 1.54) is 12.8 Å². The van der Waals surface area contributed by atoms with Crippen molar-refractivity contribution < 1.29 is 9.53 Å². The quantitative estimate of drug-likeness (QED) is 0.772. The lowest BCUT2D eigenvalue weighted by molar-refractivity contribution is -0.120. The number of ketones is 1. The molecular weight excluding hydrogens is 288 g/mol. The van der Waals surface area contributed by atoms with Gasteiger partial charge in [0.1, 0.15) is 18.1 Å². The monoisotopic (exact) mass is 320 g/mol. The number of nitrogens with two attached hydrogens (primary N) is 1. The van der Waals surface area contributed by atoms with Gasteiger partial charge in [0.25, 0.3) is 0 Å². The normalized spacial score (nSPS) is 18.0. The van der Waals surface area contributed by atoms with Gasteiger partial charge in [-0.1, -0.05) is 32.9 Å². The van der Waals surface area contributed by atoms with Gasteiger partial charge in [0, 0.05) is 12.5 Å². The molecule has 0 saturated carbocycles. The van der Waals surface area contributed by atoms with Crippen LogP contribution in [0.5, 0.6) is 5.75 Å². The summed E-state index contributed by atoms with van der Waals surface area (Å²) in [5, 5.41) is 3.41. The molecule has 2 rings (SSSR count). The highest BCUT2D eigenvalue weighted by atomic mass is 16.5. The number of carbonyl (C=O) groups is 1. The van der Waals surface area contributed by atoms with Crippen molar-refractivity contribution in [3.8, 4) is 5.75 Å². The van der Waals surface area contributed by atoms with Crippen molar-refractivity contribution in [2.24, 2.45) is 5.73 Å². The van der Waals surface area contributed by atoms with E-state index in [9.17, 15) is 4.79 Å². The standard InChI is InChI=1S/C17H26N2O2.C2H6/c1-2-4-17(20)16(18)11-13-6-8-15(9-7-13)21-12-14-5-3-10-19-14;1-2/h6-9,14,16,19H,2-5,10-12,18H2,1H3;1-2H3. The van der Waals surface area contributed by atoms with Crippen molar-refractivity contribution in [2.75, 3.05) is 13.2 Å². The van der Waals surface area contributed by atoms with E-state index < -0.39 is 0 Å². The number of benzene rings is 1. The maximum atomic E-state index is 11.7. The van der Waals surface area contributed by atoms with Crippen LogP contribution in [0.4, 0.5) is 0 Å². The fourth-order valence-corrected chi connectivity index (χ4v) is 2.62. The molecule has 1 heterocycles. The molecule has 130 valence electrons. The molecule has 0 bridgehead atoms. The van der Waals surface area contributed by atoms with E-state index in [4.69, 9.17) is 10.5 Å². The minimum atomic E-state index is -0.389. The fraction of sp³-hybridized carbons (Fsp3) is 0.632. The predicted molar refractivity (Wildman–Crippen MR) is 95.9 cm³/mol. The number of ether oxygens (including phenoxy) is 1. The zero-order chi connectivity index (χ0) is 17.1. The average Bonchev–Trinajstić information content (AvgIpc) is 3.10. The molecule has 1 fully saturated rings. The Balaban J connectivity index is 0.00000127. The largest absolute Gasteiger partial charge is 0.492 e. The van der Waals surface area contributed by atoms with Gasteiger partial charge in [-0.25, -0.2) is 0 Å². The Morgan fingerprint density at radius 2 is 2.04 bits per heavy atom. The molecule has 4 heteroatoms. The van der Waals surface area contributed by atoms with Gasteiger partial charge >= 0.3 is 0 Å². The van der Waals surface area contributed by atoms with Crippen LogP contribution in [0.25, 0.3) is 0 Å². The van der Waals surface area contributed by atoms with Crippen LogP contribution in [0.15, 0.2) is 24.3 Å². The van der Waals surface area contributed by atoms with Gasteiger partial charge in [0.05, 0.1) is 6.04 Å². The van der Waals surface area contributed by atoms with Gasteiger partial charge in [-0.15, -0.1) is 0 Å². The molecule has 4 nitrogen and oxygen atoms in total. The van der Waals surface area contributed by atoms with E-state index >= 15 is 0 Å². The molecule has 2 unspecified atom stereocenters. The first kappa shape index (κ1) is 19.7. The first-order valence-corrected chi connectivity index (χ1v) is 8.92. The molecule has 3 N–H and O–H groups in total. The van der Waals surface area contributed by atoms with Crippen LogP contribution in [-0.4, -0.2) is 31.0 Å². The van der Waals surface area contributed by atoms with Crippen molar-refractivity contribution in [2.45, 2.75) is 65.0 Å². The Morgan fingerprint density at radius 3 is 2.61 bits per heavy atom. The first-order chi connectivity index (χ1) is 11.2. The lowest BCUT2D eigenvalue weighted by Gasteiger charge is -2.13. The van der Waals surface area contributed by atoms with Crippen LogP contribution in [0.1, 0.15) is 52.0 Å². The molecule has 1 aromatic rings. The SMILES string of the molecule is CC.CCCC(=O)C(N)Cc1ccc(OCC2CCCN2)cc1. The van der Waals surface area contributed by atoms with Gasteiger partial charge in [0.15, 0.2) is 0 Å². The van der Waals surface area contributed by atoms with Gasteiger partial charge in [-0.3, -0.25) is 4.79 Å². The summed E-state index contributed by atoms with van der Waals surface area (Å²) in [6.45, 7) is 7.81. The van der Waals surface area contributed by atoms with Crippen molar-refractivity contribution in [3.63, 3.8) is 0 Å². The summed E-state index contributed by atoms with van der Waals surface area (Å²) >= 11 is 0. The van der Waals surface area contributed by atoms with Crippen LogP contribution in [-0.2, 0) is 11.2 Å². The van der Waals surface area contributed by atoms with Crippen LogP contribution < -0.4 is 15.8 Å². The van der Waals surface area contributed by atoms with Gasteiger partial charge in [0.2, 0.25) is 0 Å². The number of carbonyl (C=O) groups excluding carboxylic acids is 1. The summed E-state index contributed by atoms with van der Waals surface area (Å²) < 4.78 is 5.78. The number of hydrogen-bond acceptors (Lipinski definition) is 4. The van der Waals surface area contributed by atoms with Crippen molar-refractivity contribution >= 4 is 5.78 Å². The number of Topliss-reactive ketones (excluding diaryl/α,β-unsaturated/α-hetero) is 1. The van der Waals surface area contributed by atoms with Crippen molar-refractivity contribution in [1.29, 1.82) is 0 Å². The Hall–Kier alpha value is -1.39. The number of hydrogen-bond donors (Lipinski definition) is 2. The molecule has 0 spiro atoms.